The normalized spacial score (nSPS) is 23.4. The zero-order valence-electron chi connectivity index (χ0n) is 16.3. The minimum absolute atomic E-state index is 0.0244. The van der Waals surface area contributed by atoms with E-state index in [2.05, 4.69) is 4.99 Å². The predicted molar refractivity (Wildman–Crippen MR) is 117 cm³/mol. The zero-order chi connectivity index (χ0) is 23.1. The van der Waals surface area contributed by atoms with Crippen molar-refractivity contribution in [3.63, 3.8) is 0 Å². The lowest BCUT2D eigenvalue weighted by Gasteiger charge is -2.27. The largest absolute Gasteiger partial charge is 0.484 e. The molecule has 0 aromatic heterocycles. The van der Waals surface area contributed by atoms with Gasteiger partial charge in [0.15, 0.2) is 21.6 Å². The zero-order valence-corrected chi connectivity index (χ0v) is 18.6. The fourth-order valence-corrected chi connectivity index (χ4v) is 7.63. The quantitative estimate of drug-likeness (QED) is 0.625. The van der Waals surface area contributed by atoms with E-state index in [1.54, 1.807) is 24.3 Å². The number of hydrogen-bond donors (Lipinski definition) is 0. The van der Waals surface area contributed by atoms with Crippen molar-refractivity contribution in [1.29, 1.82) is 0 Å². The number of amides is 1. The first-order valence-corrected chi connectivity index (χ1v) is 12.4. The second kappa shape index (κ2) is 8.60. The molecule has 0 bridgehead atoms. The Labute approximate surface area is 191 Å². The molecule has 0 unspecified atom stereocenters. The fraction of sp³-hybridized carbons (Fsp3) is 0.300. The summed E-state index contributed by atoms with van der Waals surface area (Å²) >= 11 is 6.79. The van der Waals surface area contributed by atoms with Gasteiger partial charge >= 0.3 is 6.18 Å². The van der Waals surface area contributed by atoms with Gasteiger partial charge in [-0.3, -0.25) is 4.79 Å². The third-order valence-corrected chi connectivity index (χ3v) is 8.39. The molecule has 2 heterocycles. The van der Waals surface area contributed by atoms with Gasteiger partial charge in [-0.05, 0) is 36.4 Å². The first kappa shape index (κ1) is 22.9. The van der Waals surface area contributed by atoms with E-state index in [0.717, 1.165) is 17.8 Å². The van der Waals surface area contributed by atoms with Gasteiger partial charge < -0.3 is 9.64 Å². The lowest BCUT2D eigenvalue weighted by Crippen LogP contribution is -2.39. The number of carbonyl (C=O) groups excluding carboxylic acids is 1. The molecule has 2 aliphatic heterocycles. The molecule has 2 aromatic carbocycles. The van der Waals surface area contributed by atoms with Gasteiger partial charge in [0.25, 0.3) is 5.91 Å². The SMILES string of the molecule is O=C(COc1ccc(Cl)cc1)N=C1S[C@@H]2CS(=O)(=O)C[C@@H]2N1c1ccccc1C(F)(F)F. The molecule has 0 spiro atoms. The molecule has 0 N–H and O–H groups in total. The highest BCUT2D eigenvalue weighted by Gasteiger charge is 2.51. The molecule has 2 fully saturated rings. The molecule has 2 atom stereocenters. The van der Waals surface area contributed by atoms with Crippen LogP contribution in [-0.2, 0) is 20.8 Å². The van der Waals surface area contributed by atoms with Crippen LogP contribution < -0.4 is 9.64 Å². The Hall–Kier alpha value is -2.24. The maximum absolute atomic E-state index is 13.6. The number of nitrogens with zero attached hydrogens (tertiary/aromatic N) is 2. The van der Waals surface area contributed by atoms with Crippen LogP contribution in [-0.4, -0.2) is 48.9 Å². The number of halogens is 4. The topological polar surface area (TPSA) is 76.0 Å². The van der Waals surface area contributed by atoms with E-state index in [4.69, 9.17) is 16.3 Å². The van der Waals surface area contributed by atoms with Crippen molar-refractivity contribution in [2.45, 2.75) is 17.5 Å². The molecule has 2 aromatic rings. The van der Waals surface area contributed by atoms with E-state index in [0.29, 0.717) is 10.8 Å². The molecule has 4 rings (SSSR count). The van der Waals surface area contributed by atoms with Crippen LogP contribution in [0.1, 0.15) is 5.56 Å². The molecular weight excluding hydrogens is 489 g/mol. The van der Waals surface area contributed by atoms with Crippen LogP contribution in [0.15, 0.2) is 53.5 Å². The summed E-state index contributed by atoms with van der Waals surface area (Å²) in [6.45, 7) is -0.436. The Morgan fingerprint density at radius 3 is 2.53 bits per heavy atom. The van der Waals surface area contributed by atoms with Gasteiger partial charge in [-0.2, -0.15) is 18.2 Å². The van der Waals surface area contributed by atoms with Crippen molar-refractivity contribution in [3.8, 4) is 5.75 Å². The molecule has 32 heavy (non-hydrogen) atoms. The monoisotopic (exact) mass is 504 g/mol. The van der Waals surface area contributed by atoms with Crippen LogP contribution in [0.25, 0.3) is 0 Å². The number of rotatable bonds is 4. The van der Waals surface area contributed by atoms with Gasteiger partial charge in [-0.15, -0.1) is 0 Å². The number of anilines is 1. The van der Waals surface area contributed by atoms with E-state index < -0.39 is 45.4 Å². The third kappa shape index (κ3) is 4.89. The van der Waals surface area contributed by atoms with Gasteiger partial charge in [-0.1, -0.05) is 35.5 Å². The van der Waals surface area contributed by atoms with Crippen molar-refractivity contribution in [2.75, 3.05) is 23.0 Å². The molecule has 2 aliphatic rings. The van der Waals surface area contributed by atoms with E-state index >= 15 is 0 Å². The van der Waals surface area contributed by atoms with Crippen molar-refractivity contribution in [3.05, 3.63) is 59.1 Å². The number of aliphatic imine (C=N–C) groups is 1. The Kier molecular flexibility index (Phi) is 6.17. The van der Waals surface area contributed by atoms with Crippen LogP contribution >= 0.6 is 23.4 Å². The van der Waals surface area contributed by atoms with Crippen LogP contribution in [0.5, 0.6) is 5.75 Å². The van der Waals surface area contributed by atoms with Gasteiger partial charge in [-0.25, -0.2) is 8.42 Å². The molecule has 0 aliphatic carbocycles. The van der Waals surface area contributed by atoms with Gasteiger partial charge in [0.1, 0.15) is 5.75 Å². The van der Waals surface area contributed by atoms with Crippen molar-refractivity contribution in [1.82, 2.24) is 0 Å². The van der Waals surface area contributed by atoms with Crippen LogP contribution in [0.3, 0.4) is 0 Å². The number of amidine groups is 1. The minimum Gasteiger partial charge on any atom is -0.484 e. The lowest BCUT2D eigenvalue weighted by molar-refractivity contribution is -0.137. The molecule has 2 saturated heterocycles. The maximum atomic E-state index is 13.6. The number of benzene rings is 2. The number of para-hydroxylation sites is 1. The molecular formula is C20H16ClF3N2O4S2. The Bertz CT molecular complexity index is 1170. The molecule has 0 saturated carbocycles. The summed E-state index contributed by atoms with van der Waals surface area (Å²) in [7, 11) is -3.42. The minimum atomic E-state index is -4.66. The lowest BCUT2D eigenvalue weighted by atomic mass is 10.1. The van der Waals surface area contributed by atoms with E-state index in [9.17, 15) is 26.4 Å². The van der Waals surface area contributed by atoms with Gasteiger partial charge in [0, 0.05) is 10.3 Å². The van der Waals surface area contributed by atoms with Crippen LogP contribution in [0, 0.1) is 0 Å². The third-order valence-electron chi connectivity index (χ3n) is 4.93. The number of carbonyl (C=O) groups is 1. The molecule has 6 nitrogen and oxygen atoms in total. The first-order valence-electron chi connectivity index (χ1n) is 9.36. The van der Waals surface area contributed by atoms with E-state index in [-0.39, 0.29) is 22.4 Å². The average molecular weight is 505 g/mol. The second-order valence-electron chi connectivity index (χ2n) is 7.22. The maximum Gasteiger partial charge on any atom is 0.418 e. The summed E-state index contributed by atoms with van der Waals surface area (Å²) < 4.78 is 70.5. The highest BCUT2D eigenvalue weighted by Crippen LogP contribution is 2.45. The number of hydrogen-bond acceptors (Lipinski definition) is 5. The molecule has 12 heteroatoms. The smallest absolute Gasteiger partial charge is 0.418 e. The number of fused-ring (bicyclic) bond motifs is 1. The number of thioether (sulfide) groups is 1. The Morgan fingerprint density at radius 2 is 1.84 bits per heavy atom. The molecule has 1 amide bonds. The molecule has 170 valence electrons. The summed E-state index contributed by atoms with van der Waals surface area (Å²) in [5, 5.41) is -0.00642. The van der Waals surface area contributed by atoms with Gasteiger partial charge in [0.05, 0.1) is 28.8 Å². The van der Waals surface area contributed by atoms with Crippen LogP contribution in [0.2, 0.25) is 5.02 Å². The van der Waals surface area contributed by atoms with Crippen LogP contribution in [0.4, 0.5) is 18.9 Å². The number of alkyl halides is 3. The standard InChI is InChI=1S/C20H16ClF3N2O4S2/c21-12-5-7-13(8-6-12)30-9-18(27)25-19-26(16-10-32(28,29)11-17(16)31-19)15-4-2-1-3-14(15)20(22,23)24/h1-8,16-17H,9-11H2/t16-,17+/m0/s1. The predicted octanol–water partition coefficient (Wildman–Crippen LogP) is 4.04. The number of ether oxygens (including phenoxy) is 1. The summed E-state index contributed by atoms with van der Waals surface area (Å²) in [5.74, 6) is -0.837. The van der Waals surface area contributed by atoms with Crippen molar-refractivity contribution < 1.29 is 31.1 Å². The highest BCUT2D eigenvalue weighted by atomic mass is 35.5. The van der Waals surface area contributed by atoms with E-state index in [1.807, 2.05) is 0 Å². The highest BCUT2D eigenvalue weighted by molar-refractivity contribution is 8.16. The summed E-state index contributed by atoms with van der Waals surface area (Å²) in [6, 6.07) is 10.4. The van der Waals surface area contributed by atoms with Crippen molar-refractivity contribution in [2.24, 2.45) is 4.99 Å². The summed E-state index contributed by atoms with van der Waals surface area (Å²) in [6.07, 6.45) is -4.66. The Morgan fingerprint density at radius 1 is 1.16 bits per heavy atom. The summed E-state index contributed by atoms with van der Waals surface area (Å²) in [4.78, 5) is 17.6. The Balaban J connectivity index is 1.64. The first-order chi connectivity index (χ1) is 15.0. The van der Waals surface area contributed by atoms with E-state index in [1.165, 1.54) is 23.1 Å². The number of sulfone groups is 1. The van der Waals surface area contributed by atoms with Gasteiger partial charge in [0.2, 0.25) is 0 Å². The summed E-state index contributed by atoms with van der Waals surface area (Å²) in [5.41, 5.74) is -1.16. The fourth-order valence-electron chi connectivity index (χ4n) is 3.58. The second-order valence-corrected chi connectivity index (χ2v) is 11.0. The molecule has 0 radical (unpaired) electrons. The average Bonchev–Trinajstić information content (AvgIpc) is 3.17. The van der Waals surface area contributed by atoms with Crippen molar-refractivity contribution >= 4 is 50.0 Å².